The van der Waals surface area contributed by atoms with Crippen molar-refractivity contribution in [2.45, 2.75) is 72.6 Å². The predicted molar refractivity (Wildman–Crippen MR) is 287 cm³/mol. The number of halogens is 9. The summed E-state index contributed by atoms with van der Waals surface area (Å²) < 4.78 is 8.16. The lowest BCUT2D eigenvalue weighted by Gasteiger charge is -2.21. The van der Waals surface area contributed by atoms with Gasteiger partial charge in [-0.15, -0.1) is 0 Å². The molecule has 2 aromatic heterocycles. The fraction of sp³-hybridized carbons (Fsp3) is 0.207. The number of fused-ring (bicyclic) bond motifs is 3. The van der Waals surface area contributed by atoms with E-state index >= 15 is 0 Å². The highest BCUT2D eigenvalue weighted by Gasteiger charge is 2.36. The molecule has 10 rings (SSSR count). The molecule has 0 spiro atoms. The van der Waals surface area contributed by atoms with Gasteiger partial charge in [-0.2, -0.15) is 4.90 Å². The van der Waals surface area contributed by atoms with Crippen molar-refractivity contribution in [2.75, 3.05) is 6.54 Å². The highest BCUT2D eigenvalue weighted by atomic mass is 79.9. The Labute approximate surface area is 483 Å². The fourth-order valence-electron chi connectivity index (χ4n) is 9.89. The normalized spacial score (nSPS) is 12.3. The highest BCUT2D eigenvalue weighted by Crippen LogP contribution is 2.38. The lowest BCUT2D eigenvalue weighted by molar-refractivity contribution is -0.686. The van der Waals surface area contributed by atoms with Crippen molar-refractivity contribution in [3.63, 3.8) is 0 Å². The largest absolute Gasteiger partial charge is 1.00 e. The van der Waals surface area contributed by atoms with Crippen molar-refractivity contribution < 1.29 is 60.1 Å². The van der Waals surface area contributed by atoms with Crippen LogP contribution in [0.5, 0.6) is 0 Å². The summed E-state index contributed by atoms with van der Waals surface area (Å²) in [5.74, 6) is 0. The molecule has 0 atom stereocenters. The van der Waals surface area contributed by atoms with Gasteiger partial charge in [-0.1, -0.05) is 127 Å². The van der Waals surface area contributed by atoms with Gasteiger partial charge in [0.1, 0.15) is 19.3 Å². The van der Waals surface area contributed by atoms with Crippen molar-refractivity contribution in [2.24, 2.45) is 0 Å². The molecule has 370 valence electrons. The average Bonchev–Trinajstić information content (AvgIpc) is 3.92. The monoisotopic (exact) mass is 1260 g/mol. The maximum Gasteiger partial charge on any atom is 0.284 e. The van der Waals surface area contributed by atoms with E-state index in [-0.39, 0.29) is 50.9 Å². The van der Waals surface area contributed by atoms with Crippen LogP contribution in [0.2, 0.25) is 20.6 Å². The van der Waals surface area contributed by atoms with Crippen LogP contribution in [0.1, 0.15) is 50.1 Å². The summed E-state index contributed by atoms with van der Waals surface area (Å²) in [6, 6.07) is 45.1. The molecule has 14 heteroatoms. The lowest BCUT2D eigenvalue weighted by Crippen LogP contribution is -3.00. The molecule has 0 bridgehead atoms. The van der Waals surface area contributed by atoms with Crippen molar-refractivity contribution >= 4 is 102 Å². The molecule has 3 heterocycles. The maximum atomic E-state index is 7.12. The second-order valence-corrected chi connectivity index (χ2v) is 20.3. The first-order valence-corrected chi connectivity index (χ1v) is 25.5. The van der Waals surface area contributed by atoms with E-state index in [0.29, 0.717) is 69.9 Å². The molecular formula is C58H50Br3Cl6N5. The minimum atomic E-state index is 0. The molecule has 0 saturated carbocycles. The van der Waals surface area contributed by atoms with Crippen LogP contribution in [-0.2, 0) is 51.9 Å². The van der Waals surface area contributed by atoms with Gasteiger partial charge in [0.05, 0.1) is 19.6 Å². The van der Waals surface area contributed by atoms with Gasteiger partial charge in [-0.05, 0) is 145 Å². The molecule has 0 aliphatic carbocycles. The Hall–Kier alpha value is -3.89. The zero-order chi connectivity index (χ0) is 47.9. The number of allylic oxidation sites excluding steroid dienone is 2. The van der Waals surface area contributed by atoms with Gasteiger partial charge in [-0.25, -0.2) is 18.3 Å². The Morgan fingerprint density at radius 1 is 0.444 bits per heavy atom. The lowest BCUT2D eigenvalue weighted by atomic mass is 9.85. The smallest absolute Gasteiger partial charge is 0.284 e. The van der Waals surface area contributed by atoms with Gasteiger partial charge in [-0.3, -0.25) is 0 Å². The molecule has 72 heavy (non-hydrogen) atoms. The molecule has 5 nitrogen and oxygen atoms in total. The molecule has 1 aliphatic rings. The van der Waals surface area contributed by atoms with Crippen LogP contribution in [0.25, 0.3) is 32.3 Å². The second-order valence-electron chi connectivity index (χ2n) is 18.2. The Morgan fingerprint density at radius 2 is 0.806 bits per heavy atom. The van der Waals surface area contributed by atoms with Crippen molar-refractivity contribution in [3.8, 4) is 0 Å². The summed E-state index contributed by atoms with van der Waals surface area (Å²) in [6.07, 6.45) is 10.6. The third kappa shape index (κ3) is 11.6. The molecule has 0 N–H and O–H groups in total. The van der Waals surface area contributed by atoms with Gasteiger partial charge >= 0.3 is 0 Å². The Bertz CT molecular complexity index is 3360. The van der Waals surface area contributed by atoms with Gasteiger partial charge in [0.25, 0.3) is 25.8 Å². The van der Waals surface area contributed by atoms with E-state index < -0.39 is 0 Å². The summed E-state index contributed by atoms with van der Waals surface area (Å²) in [5.41, 5.74) is 11.4. The van der Waals surface area contributed by atoms with Gasteiger partial charge in [0, 0.05) is 53.6 Å². The van der Waals surface area contributed by atoms with Crippen LogP contribution in [0.4, 0.5) is 0 Å². The van der Waals surface area contributed by atoms with E-state index in [9.17, 15) is 0 Å². The predicted octanol–water partition coefficient (Wildman–Crippen LogP) is 5.89. The molecule has 0 radical (unpaired) electrons. The molecule has 7 aromatic carbocycles. The zero-order valence-electron chi connectivity index (χ0n) is 39.8. The van der Waals surface area contributed by atoms with Crippen LogP contribution in [0.3, 0.4) is 0 Å². The molecule has 0 saturated heterocycles. The second kappa shape index (κ2) is 24.2. The number of aryl methyl sites for hydroxylation is 4. The molecule has 9 aromatic rings. The number of rotatable bonds is 15. The molecule has 1 aliphatic heterocycles. The SMILES string of the molecule is Cc1c(CC2=[C+]N(CCc3ccc4ccccc4c3)C(Cl)=C2Cl)c(C)c(C[n+]2cn(CCc3ccc4ccccc4c3)c(Cl)c2Cl)c(C)c1C[n+]1cn(CCc2ccc3ccccc3c2)c(Cl)c1Cl.[Br-].[Br-].[Br-]. The van der Waals surface area contributed by atoms with Crippen LogP contribution in [0.15, 0.2) is 156 Å². The quantitative estimate of drug-likeness (QED) is 0.0714. The summed E-state index contributed by atoms with van der Waals surface area (Å²) in [5, 5.41) is 10.3. The summed E-state index contributed by atoms with van der Waals surface area (Å²) in [4.78, 5) is 1.95. The summed E-state index contributed by atoms with van der Waals surface area (Å²) in [6.45, 7) is 9.54. The first kappa shape index (κ1) is 55.9. The van der Waals surface area contributed by atoms with E-state index in [1.807, 2.05) is 35.8 Å². The minimum absolute atomic E-state index is 0. The first-order chi connectivity index (χ1) is 33.4. The van der Waals surface area contributed by atoms with E-state index in [1.165, 1.54) is 49.0 Å². The van der Waals surface area contributed by atoms with Crippen LogP contribution in [0, 0.1) is 27.0 Å². The van der Waals surface area contributed by atoms with E-state index in [0.717, 1.165) is 58.2 Å². The van der Waals surface area contributed by atoms with E-state index in [4.69, 9.17) is 69.6 Å². The molecular weight excluding hydrogens is 1220 g/mol. The van der Waals surface area contributed by atoms with Crippen LogP contribution >= 0.6 is 69.6 Å². The summed E-state index contributed by atoms with van der Waals surface area (Å²) in [7, 11) is 0. The van der Waals surface area contributed by atoms with Gasteiger partial charge in [0.15, 0.2) is 5.57 Å². The molecule has 0 fully saturated rings. The van der Waals surface area contributed by atoms with Gasteiger partial charge < -0.3 is 50.9 Å². The Kier molecular flexibility index (Phi) is 18.8. The van der Waals surface area contributed by atoms with Crippen molar-refractivity contribution in [1.29, 1.82) is 0 Å². The number of hydrogen-bond acceptors (Lipinski definition) is 1. The van der Waals surface area contributed by atoms with Crippen LogP contribution in [-0.4, -0.2) is 20.6 Å². The number of imidazole rings is 2. The highest BCUT2D eigenvalue weighted by molar-refractivity contribution is 6.41. The van der Waals surface area contributed by atoms with E-state index in [1.54, 1.807) is 0 Å². The zero-order valence-corrected chi connectivity index (χ0v) is 49.1. The first-order valence-electron chi connectivity index (χ1n) is 23.3. The van der Waals surface area contributed by atoms with Crippen LogP contribution < -0.4 is 60.1 Å². The minimum Gasteiger partial charge on any atom is -1.00 e. The Balaban J connectivity index is 0.00000253. The number of benzene rings is 7. The van der Waals surface area contributed by atoms with Crippen molar-refractivity contribution in [1.82, 2.24) is 14.0 Å². The Morgan fingerprint density at radius 3 is 1.21 bits per heavy atom. The average molecular weight is 1270 g/mol. The third-order valence-corrected chi connectivity index (χ3v) is 16.6. The fourth-order valence-corrected chi connectivity index (χ4v) is 11.2. The topological polar surface area (TPSA) is 20.9 Å². The molecule has 0 unspecified atom stereocenters. The standard InChI is InChI=1S/C58H50Cl6N5.3BrH/c1-37-50(31-49-32-65(54(60)53(49)59)25-22-40-16-19-43-10-4-7-13-46(43)28-40)38(2)52(34-69-36-67(56(62)58(69)64)27-24-42-18-21-45-12-6-9-15-48(45)30-42)39(3)51(37)33-68-35-66(55(61)57(68)63)26-23-41-17-20-44-11-5-8-14-47(44)29-41;;;/h4-21,28-30,35-36H,22-27,31,33-34H2,1-3H3;3*1H/q+3;;;/p-3. The van der Waals surface area contributed by atoms with Crippen molar-refractivity contribution in [3.05, 3.63) is 233 Å². The van der Waals surface area contributed by atoms with E-state index in [2.05, 4.69) is 154 Å². The summed E-state index contributed by atoms with van der Waals surface area (Å²) >= 11 is 42.4. The molecule has 0 amide bonds. The third-order valence-electron chi connectivity index (χ3n) is 13.9. The number of hydrogen-bond donors (Lipinski definition) is 0. The number of nitrogens with zero attached hydrogens (tertiary/aromatic N) is 5. The van der Waals surface area contributed by atoms with Gasteiger partial charge in [0.2, 0.25) is 17.7 Å². The maximum absolute atomic E-state index is 7.12. The number of aromatic nitrogens is 4.